The zero-order chi connectivity index (χ0) is 18.8. The predicted molar refractivity (Wildman–Crippen MR) is 101 cm³/mol. The van der Waals surface area contributed by atoms with Gasteiger partial charge in [-0.3, -0.25) is 4.79 Å². The summed E-state index contributed by atoms with van der Waals surface area (Å²) in [7, 11) is 0. The number of carbonyl (C=O) groups excluding carboxylic acids is 1. The molecule has 0 unspecified atom stereocenters. The Morgan fingerprint density at radius 1 is 1.11 bits per heavy atom. The van der Waals surface area contributed by atoms with E-state index in [2.05, 4.69) is 20.2 Å². The number of hydrogen-bond donors (Lipinski definition) is 1. The fraction of sp³-hybridized carbons (Fsp3) is 0.211. The standard InChI is InChI=1S/C19H16F2N4OS/c20-14-5-4-13(9-15(14)21)23-18(26)16-11-27-19(24-16)12-3-6-17(22-10-12)25-7-1-2-8-25/h3-6,9-11H,1-2,7-8H2,(H,23,26). The molecule has 8 heteroatoms. The maximum atomic E-state index is 13.3. The number of nitrogens with zero attached hydrogens (tertiary/aromatic N) is 3. The van der Waals surface area contributed by atoms with E-state index in [4.69, 9.17) is 0 Å². The highest BCUT2D eigenvalue weighted by atomic mass is 32.1. The molecule has 2 aromatic heterocycles. The summed E-state index contributed by atoms with van der Waals surface area (Å²) >= 11 is 1.33. The van der Waals surface area contributed by atoms with Crippen molar-refractivity contribution in [3.63, 3.8) is 0 Å². The molecule has 0 aliphatic carbocycles. The van der Waals surface area contributed by atoms with Gasteiger partial charge in [0.2, 0.25) is 0 Å². The average molecular weight is 386 g/mol. The molecular weight excluding hydrogens is 370 g/mol. The summed E-state index contributed by atoms with van der Waals surface area (Å²) in [5.41, 5.74) is 1.21. The summed E-state index contributed by atoms with van der Waals surface area (Å²) in [5, 5.41) is 4.81. The molecule has 1 fully saturated rings. The smallest absolute Gasteiger partial charge is 0.275 e. The van der Waals surface area contributed by atoms with Gasteiger partial charge in [0.1, 0.15) is 16.5 Å². The minimum Gasteiger partial charge on any atom is -0.357 e. The van der Waals surface area contributed by atoms with Crippen LogP contribution in [0.3, 0.4) is 0 Å². The predicted octanol–water partition coefficient (Wildman–Crippen LogP) is 4.34. The molecule has 27 heavy (non-hydrogen) atoms. The lowest BCUT2D eigenvalue weighted by atomic mass is 10.3. The molecule has 1 aliphatic rings. The number of pyridine rings is 1. The van der Waals surface area contributed by atoms with Crippen molar-refractivity contribution in [3.8, 4) is 10.6 Å². The number of aromatic nitrogens is 2. The molecule has 0 atom stereocenters. The Morgan fingerprint density at radius 2 is 1.93 bits per heavy atom. The first-order chi connectivity index (χ1) is 13.1. The van der Waals surface area contributed by atoms with E-state index in [0.29, 0.717) is 5.01 Å². The van der Waals surface area contributed by atoms with Crippen LogP contribution in [0.25, 0.3) is 10.6 Å². The van der Waals surface area contributed by atoms with Crippen molar-refractivity contribution in [2.45, 2.75) is 12.8 Å². The second-order valence-electron chi connectivity index (χ2n) is 6.22. The number of thiazole rings is 1. The van der Waals surface area contributed by atoms with E-state index in [1.54, 1.807) is 11.6 Å². The van der Waals surface area contributed by atoms with Crippen LogP contribution in [0, 0.1) is 11.6 Å². The molecule has 3 aromatic rings. The summed E-state index contributed by atoms with van der Waals surface area (Å²) in [6.07, 6.45) is 4.13. The van der Waals surface area contributed by atoms with Crippen LogP contribution in [0.4, 0.5) is 20.3 Å². The Labute approximate surface area is 158 Å². The molecule has 1 saturated heterocycles. The lowest BCUT2D eigenvalue weighted by Gasteiger charge is -2.15. The molecule has 1 amide bonds. The number of amides is 1. The minimum absolute atomic E-state index is 0.171. The Bertz CT molecular complexity index is 968. The van der Waals surface area contributed by atoms with Gasteiger partial charge < -0.3 is 10.2 Å². The summed E-state index contributed by atoms with van der Waals surface area (Å²) in [6, 6.07) is 7.09. The van der Waals surface area contributed by atoms with Gasteiger partial charge in [-0.15, -0.1) is 11.3 Å². The van der Waals surface area contributed by atoms with E-state index in [-0.39, 0.29) is 11.4 Å². The van der Waals surface area contributed by atoms with Crippen LogP contribution in [-0.4, -0.2) is 29.0 Å². The van der Waals surface area contributed by atoms with Gasteiger partial charge in [-0.1, -0.05) is 0 Å². The van der Waals surface area contributed by atoms with Crippen molar-refractivity contribution in [2.24, 2.45) is 0 Å². The normalized spacial score (nSPS) is 13.8. The summed E-state index contributed by atoms with van der Waals surface area (Å²) in [5.74, 6) is -1.51. The molecule has 3 heterocycles. The van der Waals surface area contributed by atoms with E-state index in [1.165, 1.54) is 30.2 Å². The van der Waals surface area contributed by atoms with Gasteiger partial charge in [0.15, 0.2) is 11.6 Å². The third kappa shape index (κ3) is 3.80. The average Bonchev–Trinajstić information content (AvgIpc) is 3.37. The van der Waals surface area contributed by atoms with Crippen LogP contribution in [0.2, 0.25) is 0 Å². The van der Waals surface area contributed by atoms with Crippen LogP contribution in [-0.2, 0) is 0 Å². The van der Waals surface area contributed by atoms with Gasteiger partial charge in [-0.2, -0.15) is 0 Å². The van der Waals surface area contributed by atoms with Crippen LogP contribution >= 0.6 is 11.3 Å². The second-order valence-corrected chi connectivity index (χ2v) is 7.08. The van der Waals surface area contributed by atoms with Crippen molar-refractivity contribution in [3.05, 3.63) is 59.2 Å². The maximum absolute atomic E-state index is 13.3. The Hall–Kier alpha value is -2.87. The maximum Gasteiger partial charge on any atom is 0.275 e. The number of rotatable bonds is 4. The van der Waals surface area contributed by atoms with Gasteiger partial charge in [0.05, 0.1) is 0 Å². The number of halogens is 2. The topological polar surface area (TPSA) is 58.1 Å². The minimum atomic E-state index is -1.02. The van der Waals surface area contributed by atoms with Gasteiger partial charge in [-0.25, -0.2) is 18.7 Å². The first-order valence-electron chi connectivity index (χ1n) is 8.53. The highest BCUT2D eigenvalue weighted by Gasteiger charge is 2.16. The molecule has 0 saturated carbocycles. The monoisotopic (exact) mass is 386 g/mol. The SMILES string of the molecule is O=C(Nc1ccc(F)c(F)c1)c1csc(-c2ccc(N3CCCC3)nc2)n1. The van der Waals surface area contributed by atoms with Crippen LogP contribution < -0.4 is 10.2 Å². The fourth-order valence-corrected chi connectivity index (χ4v) is 3.72. The number of anilines is 2. The summed E-state index contributed by atoms with van der Waals surface area (Å²) < 4.78 is 26.2. The molecule has 1 aliphatic heterocycles. The molecule has 1 N–H and O–H groups in total. The lowest BCUT2D eigenvalue weighted by Crippen LogP contribution is -2.18. The molecule has 4 rings (SSSR count). The van der Waals surface area contributed by atoms with Crippen molar-refractivity contribution in [2.75, 3.05) is 23.3 Å². The van der Waals surface area contributed by atoms with E-state index < -0.39 is 17.5 Å². The van der Waals surface area contributed by atoms with Gasteiger partial charge in [-0.05, 0) is 37.1 Å². The molecule has 5 nitrogen and oxygen atoms in total. The number of carbonyl (C=O) groups is 1. The third-order valence-electron chi connectivity index (χ3n) is 4.34. The van der Waals surface area contributed by atoms with Crippen LogP contribution in [0.5, 0.6) is 0 Å². The van der Waals surface area contributed by atoms with Crippen molar-refractivity contribution in [1.29, 1.82) is 0 Å². The first-order valence-corrected chi connectivity index (χ1v) is 9.41. The largest absolute Gasteiger partial charge is 0.357 e. The highest BCUT2D eigenvalue weighted by Crippen LogP contribution is 2.26. The second kappa shape index (κ2) is 7.40. The Balaban J connectivity index is 1.47. The summed E-state index contributed by atoms with van der Waals surface area (Å²) in [6.45, 7) is 2.05. The molecule has 0 radical (unpaired) electrons. The van der Waals surface area contributed by atoms with Gasteiger partial charge >= 0.3 is 0 Å². The van der Waals surface area contributed by atoms with Gasteiger partial charge in [0, 0.05) is 42.0 Å². The Morgan fingerprint density at radius 3 is 2.63 bits per heavy atom. The zero-order valence-electron chi connectivity index (χ0n) is 14.3. The van der Waals surface area contributed by atoms with Crippen molar-refractivity contribution < 1.29 is 13.6 Å². The molecular formula is C19H16F2N4OS. The van der Waals surface area contributed by atoms with Crippen molar-refractivity contribution >= 4 is 28.7 Å². The number of nitrogens with one attached hydrogen (secondary N) is 1. The van der Waals surface area contributed by atoms with E-state index in [1.807, 2.05) is 12.1 Å². The zero-order valence-corrected chi connectivity index (χ0v) is 15.1. The van der Waals surface area contributed by atoms with Crippen molar-refractivity contribution in [1.82, 2.24) is 9.97 Å². The van der Waals surface area contributed by atoms with E-state index in [9.17, 15) is 13.6 Å². The first kappa shape index (κ1) is 17.5. The molecule has 1 aromatic carbocycles. The van der Waals surface area contributed by atoms with E-state index >= 15 is 0 Å². The van der Waals surface area contributed by atoms with Crippen LogP contribution in [0.15, 0.2) is 41.9 Å². The van der Waals surface area contributed by atoms with Crippen LogP contribution in [0.1, 0.15) is 23.3 Å². The quantitative estimate of drug-likeness (QED) is 0.725. The number of hydrogen-bond acceptors (Lipinski definition) is 5. The Kier molecular flexibility index (Phi) is 4.81. The van der Waals surface area contributed by atoms with Gasteiger partial charge in [0.25, 0.3) is 5.91 Å². The summed E-state index contributed by atoms with van der Waals surface area (Å²) in [4.78, 5) is 23.3. The molecule has 0 spiro atoms. The lowest BCUT2D eigenvalue weighted by molar-refractivity contribution is 0.102. The van der Waals surface area contributed by atoms with E-state index in [0.717, 1.165) is 36.6 Å². The number of benzene rings is 1. The molecule has 138 valence electrons. The fourth-order valence-electron chi connectivity index (χ4n) is 2.93. The third-order valence-corrected chi connectivity index (χ3v) is 5.23. The highest BCUT2D eigenvalue weighted by molar-refractivity contribution is 7.13. The molecule has 0 bridgehead atoms.